The van der Waals surface area contributed by atoms with Crippen molar-refractivity contribution in [1.82, 2.24) is 0 Å². The summed E-state index contributed by atoms with van der Waals surface area (Å²) in [5.41, 5.74) is 0. The molecule has 1 aromatic rings. The normalized spacial score (nSPS) is 9.88. The second-order valence-electron chi connectivity index (χ2n) is 1.17. The Bertz CT molecular complexity index is 176. The summed E-state index contributed by atoms with van der Waals surface area (Å²) in [7, 11) is 0. The second kappa shape index (κ2) is 2.56. The fourth-order valence-electron chi connectivity index (χ4n) is 0.301. The first-order valence-corrected chi connectivity index (χ1v) is 4.22. The standard InChI is InChI=1S/C4HBrCl2S/c5-4-3(7)2(6)1-8-4/h1H. The van der Waals surface area contributed by atoms with E-state index in [1.165, 1.54) is 11.3 Å². The van der Waals surface area contributed by atoms with Crippen molar-refractivity contribution in [3.8, 4) is 0 Å². The van der Waals surface area contributed by atoms with Crippen molar-refractivity contribution < 1.29 is 0 Å². The molecule has 1 heterocycles. The molecule has 0 bridgehead atoms. The number of rotatable bonds is 0. The Morgan fingerprint density at radius 1 is 1.50 bits per heavy atom. The van der Waals surface area contributed by atoms with Gasteiger partial charge in [0.05, 0.1) is 13.8 Å². The van der Waals surface area contributed by atoms with E-state index >= 15 is 0 Å². The van der Waals surface area contributed by atoms with Crippen LogP contribution in [0.1, 0.15) is 0 Å². The second-order valence-corrected chi connectivity index (χ2v) is 4.15. The maximum absolute atomic E-state index is 5.62. The molecule has 0 N–H and O–H groups in total. The summed E-state index contributed by atoms with van der Waals surface area (Å²) in [5, 5.41) is 3.01. The number of thiophene rings is 1. The van der Waals surface area contributed by atoms with Gasteiger partial charge in [-0.05, 0) is 15.9 Å². The summed E-state index contributed by atoms with van der Waals surface area (Å²) in [4.78, 5) is 0. The molecule has 0 aromatic carbocycles. The van der Waals surface area contributed by atoms with Crippen molar-refractivity contribution in [1.29, 1.82) is 0 Å². The van der Waals surface area contributed by atoms with E-state index in [0.29, 0.717) is 10.0 Å². The molecule has 0 aliphatic rings. The van der Waals surface area contributed by atoms with Crippen LogP contribution in [-0.4, -0.2) is 0 Å². The van der Waals surface area contributed by atoms with Gasteiger partial charge < -0.3 is 0 Å². The molecule has 0 unspecified atom stereocenters. The first-order chi connectivity index (χ1) is 3.72. The van der Waals surface area contributed by atoms with E-state index in [4.69, 9.17) is 23.2 Å². The van der Waals surface area contributed by atoms with Crippen LogP contribution in [0.5, 0.6) is 0 Å². The van der Waals surface area contributed by atoms with Crippen molar-refractivity contribution in [2.75, 3.05) is 0 Å². The molecule has 1 rings (SSSR count). The van der Waals surface area contributed by atoms with Gasteiger partial charge in [-0.3, -0.25) is 0 Å². The highest BCUT2D eigenvalue weighted by Gasteiger charge is 2.02. The summed E-state index contributed by atoms with van der Waals surface area (Å²) < 4.78 is 0.893. The fraction of sp³-hybridized carbons (Fsp3) is 0. The largest absolute Gasteiger partial charge is 0.134 e. The van der Waals surface area contributed by atoms with Crippen molar-refractivity contribution in [3.63, 3.8) is 0 Å². The Morgan fingerprint density at radius 2 is 2.12 bits per heavy atom. The lowest BCUT2D eigenvalue weighted by Gasteiger charge is -1.79. The van der Waals surface area contributed by atoms with Crippen molar-refractivity contribution in [2.45, 2.75) is 0 Å². The van der Waals surface area contributed by atoms with Gasteiger partial charge in [-0.1, -0.05) is 23.2 Å². The first-order valence-electron chi connectivity index (χ1n) is 1.80. The van der Waals surface area contributed by atoms with Crippen molar-refractivity contribution >= 4 is 50.5 Å². The molecule has 0 saturated heterocycles. The molecular weight excluding hydrogens is 231 g/mol. The van der Waals surface area contributed by atoms with Gasteiger partial charge in [0, 0.05) is 5.38 Å². The molecule has 8 heavy (non-hydrogen) atoms. The van der Waals surface area contributed by atoms with Gasteiger partial charge in [0.15, 0.2) is 0 Å². The fourth-order valence-corrected chi connectivity index (χ4v) is 1.98. The topological polar surface area (TPSA) is 0 Å². The molecule has 0 spiro atoms. The Labute approximate surface area is 69.5 Å². The molecule has 0 aliphatic carbocycles. The zero-order valence-electron chi connectivity index (χ0n) is 3.62. The first kappa shape index (κ1) is 6.87. The molecule has 4 heteroatoms. The minimum atomic E-state index is 0.608. The predicted octanol–water partition coefficient (Wildman–Crippen LogP) is 3.82. The third kappa shape index (κ3) is 1.18. The van der Waals surface area contributed by atoms with Crippen LogP contribution in [0.4, 0.5) is 0 Å². The van der Waals surface area contributed by atoms with E-state index < -0.39 is 0 Å². The van der Waals surface area contributed by atoms with E-state index in [1.54, 1.807) is 5.38 Å². The third-order valence-electron chi connectivity index (χ3n) is 0.648. The molecule has 0 amide bonds. The summed E-state index contributed by atoms with van der Waals surface area (Å²) in [5.74, 6) is 0. The molecule has 0 atom stereocenters. The van der Waals surface area contributed by atoms with Gasteiger partial charge in [-0.2, -0.15) is 0 Å². The van der Waals surface area contributed by atoms with Gasteiger partial charge >= 0.3 is 0 Å². The average Bonchev–Trinajstić information content (AvgIpc) is 1.98. The monoisotopic (exact) mass is 230 g/mol. The lowest BCUT2D eigenvalue weighted by atomic mass is 10.7. The summed E-state index contributed by atoms with van der Waals surface area (Å²) >= 11 is 15.9. The Balaban J connectivity index is 3.19. The summed E-state index contributed by atoms with van der Waals surface area (Å²) in [6.45, 7) is 0. The molecule has 1 aromatic heterocycles. The van der Waals surface area contributed by atoms with Gasteiger partial charge in [-0.15, -0.1) is 11.3 Å². The van der Waals surface area contributed by atoms with Gasteiger partial charge in [-0.25, -0.2) is 0 Å². The average molecular weight is 232 g/mol. The van der Waals surface area contributed by atoms with Crippen LogP contribution in [0.3, 0.4) is 0 Å². The van der Waals surface area contributed by atoms with Crippen molar-refractivity contribution in [2.24, 2.45) is 0 Å². The maximum Gasteiger partial charge on any atom is 0.0900 e. The van der Waals surface area contributed by atoms with Crippen LogP contribution in [-0.2, 0) is 0 Å². The quantitative estimate of drug-likeness (QED) is 0.637. The van der Waals surface area contributed by atoms with Crippen LogP contribution < -0.4 is 0 Å². The van der Waals surface area contributed by atoms with Crippen LogP contribution in [0, 0.1) is 0 Å². The summed E-state index contributed by atoms with van der Waals surface area (Å²) in [6.07, 6.45) is 0. The van der Waals surface area contributed by atoms with Gasteiger partial charge in [0.25, 0.3) is 0 Å². The van der Waals surface area contributed by atoms with Crippen molar-refractivity contribution in [3.05, 3.63) is 19.2 Å². The highest BCUT2D eigenvalue weighted by molar-refractivity contribution is 9.11. The highest BCUT2D eigenvalue weighted by Crippen LogP contribution is 2.35. The van der Waals surface area contributed by atoms with E-state index in [2.05, 4.69) is 15.9 Å². The minimum Gasteiger partial charge on any atom is -0.134 e. The van der Waals surface area contributed by atoms with Crippen LogP contribution in [0.2, 0.25) is 10.0 Å². The molecule has 44 valence electrons. The molecule has 0 aliphatic heterocycles. The van der Waals surface area contributed by atoms with E-state index in [0.717, 1.165) is 3.79 Å². The highest BCUT2D eigenvalue weighted by atomic mass is 79.9. The zero-order valence-corrected chi connectivity index (χ0v) is 7.53. The van der Waals surface area contributed by atoms with Crippen LogP contribution in [0.25, 0.3) is 0 Å². The molecule has 0 radical (unpaired) electrons. The predicted molar refractivity (Wildman–Crippen MR) is 42.0 cm³/mol. The molecule has 0 nitrogen and oxygen atoms in total. The van der Waals surface area contributed by atoms with Gasteiger partial charge in [0.1, 0.15) is 0 Å². The van der Waals surface area contributed by atoms with Gasteiger partial charge in [0.2, 0.25) is 0 Å². The number of hydrogen-bond donors (Lipinski definition) is 0. The van der Waals surface area contributed by atoms with E-state index in [9.17, 15) is 0 Å². The molecule has 0 fully saturated rings. The SMILES string of the molecule is Clc1csc(Br)c1Cl. The third-order valence-corrected chi connectivity index (χ3v) is 3.63. The lowest BCUT2D eigenvalue weighted by molar-refractivity contribution is 1.94. The zero-order chi connectivity index (χ0) is 6.15. The van der Waals surface area contributed by atoms with Crippen LogP contribution in [0.15, 0.2) is 9.17 Å². The molecular formula is C4HBrCl2S. The minimum absolute atomic E-state index is 0.608. The number of halogens is 3. The Kier molecular flexibility index (Phi) is 2.20. The Hall–Kier alpha value is 0.760. The summed E-state index contributed by atoms with van der Waals surface area (Å²) in [6, 6.07) is 0. The lowest BCUT2D eigenvalue weighted by Crippen LogP contribution is -1.50. The van der Waals surface area contributed by atoms with E-state index in [-0.39, 0.29) is 0 Å². The number of hydrogen-bond acceptors (Lipinski definition) is 1. The molecule has 0 saturated carbocycles. The smallest absolute Gasteiger partial charge is 0.0900 e. The maximum atomic E-state index is 5.62. The van der Waals surface area contributed by atoms with Crippen LogP contribution >= 0.6 is 50.5 Å². The van der Waals surface area contributed by atoms with E-state index in [1.807, 2.05) is 0 Å². The Morgan fingerprint density at radius 3 is 2.25 bits per heavy atom.